The van der Waals surface area contributed by atoms with Crippen LogP contribution in [-0.2, 0) is 33.4 Å². The minimum absolute atomic E-state index is 0.000342. The second-order valence-electron chi connectivity index (χ2n) is 5.63. The van der Waals surface area contributed by atoms with E-state index in [1.54, 1.807) is 0 Å². The SMILES string of the molecule is COC(=O)C(COC(=O)/C=C/c1ccc(OC(C)=O)c(OC(C)=O)c1)NC(C)=O. The van der Waals surface area contributed by atoms with Crippen molar-refractivity contribution in [1.82, 2.24) is 5.32 Å². The third-order valence-corrected chi connectivity index (χ3v) is 3.14. The lowest BCUT2D eigenvalue weighted by Crippen LogP contribution is -2.44. The van der Waals surface area contributed by atoms with E-state index in [2.05, 4.69) is 10.1 Å². The number of amides is 1. The normalized spacial score (nSPS) is 11.3. The largest absolute Gasteiger partial charge is 0.467 e. The van der Waals surface area contributed by atoms with Crippen molar-refractivity contribution in [2.45, 2.75) is 26.8 Å². The third-order valence-electron chi connectivity index (χ3n) is 3.14. The van der Waals surface area contributed by atoms with Gasteiger partial charge in [-0.1, -0.05) is 6.07 Å². The molecule has 1 aromatic carbocycles. The van der Waals surface area contributed by atoms with E-state index in [0.717, 1.165) is 13.2 Å². The molecule has 10 nitrogen and oxygen atoms in total. The minimum Gasteiger partial charge on any atom is -0.467 e. The number of hydrogen-bond acceptors (Lipinski definition) is 9. The van der Waals surface area contributed by atoms with Gasteiger partial charge in [0.05, 0.1) is 7.11 Å². The lowest BCUT2D eigenvalue weighted by Gasteiger charge is -2.14. The summed E-state index contributed by atoms with van der Waals surface area (Å²) in [7, 11) is 1.14. The predicted molar refractivity (Wildman–Crippen MR) is 98.7 cm³/mol. The van der Waals surface area contributed by atoms with Crippen molar-refractivity contribution in [3.8, 4) is 11.5 Å². The Labute approximate surface area is 166 Å². The van der Waals surface area contributed by atoms with E-state index >= 15 is 0 Å². The standard InChI is InChI=1S/C19H21NO9/c1-11(21)20-15(19(25)26-4)10-27-18(24)8-6-14-5-7-16(28-12(2)22)17(9-14)29-13(3)23/h5-9,15H,10H2,1-4H3,(H,20,21)/b8-6+. The zero-order valence-corrected chi connectivity index (χ0v) is 16.3. The quantitative estimate of drug-likeness (QED) is 0.377. The molecule has 0 aliphatic rings. The summed E-state index contributed by atoms with van der Waals surface area (Å²) in [6.45, 7) is 3.17. The average molecular weight is 407 g/mol. The molecular formula is C19H21NO9. The lowest BCUT2D eigenvalue weighted by molar-refractivity contribution is -0.149. The number of ether oxygens (including phenoxy) is 4. The molecule has 1 aromatic rings. The molecule has 0 heterocycles. The molecule has 10 heteroatoms. The number of benzene rings is 1. The Morgan fingerprint density at radius 2 is 1.62 bits per heavy atom. The monoisotopic (exact) mass is 407 g/mol. The fraction of sp³-hybridized carbons (Fsp3) is 0.316. The molecular weight excluding hydrogens is 386 g/mol. The molecule has 0 radical (unpaired) electrons. The summed E-state index contributed by atoms with van der Waals surface area (Å²) in [6, 6.07) is 3.17. The zero-order valence-electron chi connectivity index (χ0n) is 16.3. The summed E-state index contributed by atoms with van der Waals surface area (Å²) in [4.78, 5) is 56.8. The number of nitrogens with one attached hydrogen (secondary N) is 1. The smallest absolute Gasteiger partial charge is 0.331 e. The van der Waals surface area contributed by atoms with Crippen molar-refractivity contribution in [3.05, 3.63) is 29.8 Å². The second-order valence-corrected chi connectivity index (χ2v) is 5.63. The third kappa shape index (κ3) is 8.69. The zero-order chi connectivity index (χ0) is 22.0. The molecule has 0 bridgehead atoms. The molecule has 0 aliphatic carbocycles. The molecule has 0 fully saturated rings. The summed E-state index contributed by atoms with van der Waals surface area (Å²) in [5.74, 6) is -3.21. The van der Waals surface area contributed by atoms with E-state index in [1.807, 2.05) is 0 Å². The topological polar surface area (TPSA) is 134 Å². The summed E-state index contributed by atoms with van der Waals surface area (Å²) in [5, 5.41) is 2.30. The van der Waals surface area contributed by atoms with Gasteiger partial charge in [0.25, 0.3) is 0 Å². The first-order valence-electron chi connectivity index (χ1n) is 8.33. The lowest BCUT2D eigenvalue weighted by atomic mass is 10.2. The molecule has 1 unspecified atom stereocenters. The second kappa shape index (κ2) is 11.2. The van der Waals surface area contributed by atoms with Gasteiger partial charge in [-0.15, -0.1) is 0 Å². The van der Waals surface area contributed by atoms with E-state index in [-0.39, 0.29) is 11.5 Å². The van der Waals surface area contributed by atoms with Crippen LogP contribution in [-0.4, -0.2) is 49.5 Å². The highest BCUT2D eigenvalue weighted by Gasteiger charge is 2.21. The van der Waals surface area contributed by atoms with Crippen molar-refractivity contribution in [1.29, 1.82) is 0 Å². The number of methoxy groups -OCH3 is 1. The van der Waals surface area contributed by atoms with Crippen molar-refractivity contribution >= 4 is 35.9 Å². The maximum Gasteiger partial charge on any atom is 0.331 e. The van der Waals surface area contributed by atoms with Crippen molar-refractivity contribution in [3.63, 3.8) is 0 Å². The van der Waals surface area contributed by atoms with E-state index < -0.39 is 42.4 Å². The number of hydrogen-bond donors (Lipinski definition) is 1. The molecule has 1 amide bonds. The van der Waals surface area contributed by atoms with Crippen molar-refractivity contribution in [2.75, 3.05) is 13.7 Å². The average Bonchev–Trinajstić information content (AvgIpc) is 2.63. The van der Waals surface area contributed by atoms with E-state index in [4.69, 9.17) is 14.2 Å². The van der Waals surface area contributed by atoms with Gasteiger partial charge in [-0.2, -0.15) is 0 Å². The predicted octanol–water partition coefficient (Wildman–Crippen LogP) is 0.771. The molecule has 0 spiro atoms. The maximum absolute atomic E-state index is 11.9. The minimum atomic E-state index is -1.13. The molecule has 0 saturated heterocycles. The van der Waals surface area contributed by atoms with Crippen LogP contribution in [0, 0.1) is 0 Å². The first-order chi connectivity index (χ1) is 13.6. The van der Waals surface area contributed by atoms with Gasteiger partial charge in [-0.25, -0.2) is 9.59 Å². The van der Waals surface area contributed by atoms with Crippen LogP contribution in [0.4, 0.5) is 0 Å². The van der Waals surface area contributed by atoms with Crippen LogP contribution < -0.4 is 14.8 Å². The van der Waals surface area contributed by atoms with Gasteiger partial charge in [-0.05, 0) is 23.8 Å². The van der Waals surface area contributed by atoms with Crippen LogP contribution in [0.1, 0.15) is 26.3 Å². The van der Waals surface area contributed by atoms with E-state index in [1.165, 1.54) is 45.0 Å². The number of esters is 4. The van der Waals surface area contributed by atoms with Crippen LogP contribution in [0.25, 0.3) is 6.08 Å². The molecule has 156 valence electrons. The van der Waals surface area contributed by atoms with Crippen molar-refractivity contribution in [2.24, 2.45) is 0 Å². The maximum atomic E-state index is 11.9. The van der Waals surface area contributed by atoms with Crippen LogP contribution in [0.3, 0.4) is 0 Å². The van der Waals surface area contributed by atoms with Crippen LogP contribution in [0.5, 0.6) is 11.5 Å². The number of rotatable bonds is 8. The highest BCUT2D eigenvalue weighted by molar-refractivity contribution is 5.88. The van der Waals surface area contributed by atoms with Gasteiger partial charge in [0.1, 0.15) is 6.61 Å². The Bertz CT molecular complexity index is 829. The van der Waals surface area contributed by atoms with Gasteiger partial charge in [0.2, 0.25) is 5.91 Å². The van der Waals surface area contributed by atoms with Crippen LogP contribution in [0.2, 0.25) is 0 Å². The Balaban J connectivity index is 2.83. The van der Waals surface area contributed by atoms with Crippen molar-refractivity contribution < 1.29 is 42.9 Å². The fourth-order valence-electron chi connectivity index (χ4n) is 2.04. The Hall–Kier alpha value is -3.69. The van der Waals surface area contributed by atoms with Gasteiger partial charge in [0.15, 0.2) is 17.5 Å². The highest BCUT2D eigenvalue weighted by atomic mass is 16.6. The van der Waals surface area contributed by atoms with Gasteiger partial charge >= 0.3 is 23.9 Å². The Morgan fingerprint density at radius 1 is 1.00 bits per heavy atom. The van der Waals surface area contributed by atoms with Crippen LogP contribution >= 0.6 is 0 Å². The summed E-state index contributed by atoms with van der Waals surface area (Å²) in [5.41, 5.74) is 0.445. The first-order valence-corrected chi connectivity index (χ1v) is 8.33. The van der Waals surface area contributed by atoms with E-state index in [9.17, 15) is 24.0 Å². The summed E-state index contributed by atoms with van der Waals surface area (Å²) < 4.78 is 19.4. The Kier molecular flexibility index (Phi) is 9.03. The molecule has 29 heavy (non-hydrogen) atoms. The van der Waals surface area contributed by atoms with E-state index in [0.29, 0.717) is 5.56 Å². The molecule has 1 atom stereocenters. The highest BCUT2D eigenvalue weighted by Crippen LogP contribution is 2.29. The molecule has 0 saturated carbocycles. The fourth-order valence-corrected chi connectivity index (χ4v) is 2.04. The molecule has 0 aliphatic heterocycles. The van der Waals surface area contributed by atoms with Gasteiger partial charge in [-0.3, -0.25) is 14.4 Å². The Morgan fingerprint density at radius 3 is 2.17 bits per heavy atom. The van der Waals surface area contributed by atoms with Gasteiger partial charge < -0.3 is 24.3 Å². The first kappa shape index (κ1) is 23.3. The summed E-state index contributed by atoms with van der Waals surface area (Å²) in [6.07, 6.45) is 2.43. The molecule has 1 rings (SSSR count). The number of carbonyl (C=O) groups excluding carboxylic acids is 5. The van der Waals surface area contributed by atoms with Crippen LogP contribution in [0.15, 0.2) is 24.3 Å². The molecule has 1 N–H and O–H groups in total. The summed E-state index contributed by atoms with van der Waals surface area (Å²) >= 11 is 0. The number of carbonyl (C=O) groups is 5. The van der Waals surface area contributed by atoms with Gasteiger partial charge in [0, 0.05) is 26.8 Å². The molecule has 0 aromatic heterocycles.